The average molecular weight is 371 g/mol. The molecule has 0 aliphatic carbocycles. The number of nitrogens with zero attached hydrogens (tertiary/aromatic N) is 2. The molecule has 1 unspecified atom stereocenters. The summed E-state index contributed by atoms with van der Waals surface area (Å²) in [6, 6.07) is 5.93. The molecule has 6 nitrogen and oxygen atoms in total. The Bertz CT molecular complexity index is 887. The quantitative estimate of drug-likeness (QED) is 0.897. The van der Waals surface area contributed by atoms with Crippen LogP contribution in [0, 0.1) is 5.82 Å². The van der Waals surface area contributed by atoms with Crippen molar-refractivity contribution in [2.24, 2.45) is 5.73 Å². The van der Waals surface area contributed by atoms with Gasteiger partial charge >= 0.3 is 0 Å². The predicted octanol–water partition coefficient (Wildman–Crippen LogP) is 2.36. The van der Waals surface area contributed by atoms with E-state index in [0.29, 0.717) is 54.7 Å². The number of hydrogen-bond donors (Lipinski definition) is 1. The number of aromatic nitrogens is 1. The third-order valence-electron chi connectivity index (χ3n) is 5.47. The van der Waals surface area contributed by atoms with Crippen molar-refractivity contribution in [1.82, 2.24) is 9.88 Å². The molecule has 0 spiro atoms. The third-order valence-corrected chi connectivity index (χ3v) is 5.47. The van der Waals surface area contributed by atoms with Crippen LogP contribution in [0.5, 0.6) is 0 Å². The van der Waals surface area contributed by atoms with Crippen LogP contribution < -0.4 is 5.73 Å². The van der Waals surface area contributed by atoms with Crippen molar-refractivity contribution in [3.63, 3.8) is 0 Å². The third kappa shape index (κ3) is 3.51. The molecule has 142 valence electrons. The topological polar surface area (TPSA) is 85.5 Å². The molecule has 1 atom stereocenters. The van der Waals surface area contributed by atoms with Crippen LogP contribution in [0.2, 0.25) is 0 Å². The fourth-order valence-electron chi connectivity index (χ4n) is 4.02. The number of carbonyl (C=O) groups is 2. The van der Waals surface area contributed by atoms with Crippen molar-refractivity contribution in [2.75, 3.05) is 19.7 Å². The first-order valence-corrected chi connectivity index (χ1v) is 9.33. The van der Waals surface area contributed by atoms with Gasteiger partial charge in [-0.25, -0.2) is 4.39 Å². The van der Waals surface area contributed by atoms with Crippen LogP contribution in [0.25, 0.3) is 10.9 Å². The molecule has 2 aliphatic heterocycles. The number of carbonyl (C=O) groups excluding carboxylic acids is 2. The number of primary amides is 1. The number of halogens is 1. The molecule has 2 N–H and O–H groups in total. The Morgan fingerprint density at radius 3 is 2.63 bits per heavy atom. The van der Waals surface area contributed by atoms with Crippen LogP contribution in [0.4, 0.5) is 4.39 Å². The molecule has 1 aromatic carbocycles. The van der Waals surface area contributed by atoms with Crippen LogP contribution in [-0.2, 0) is 9.53 Å². The maximum absolute atomic E-state index is 13.5. The lowest BCUT2D eigenvalue weighted by molar-refractivity contribution is -0.142. The molecule has 0 radical (unpaired) electrons. The van der Waals surface area contributed by atoms with Gasteiger partial charge in [0.2, 0.25) is 0 Å². The second-order valence-electron chi connectivity index (χ2n) is 7.22. The van der Waals surface area contributed by atoms with Crippen molar-refractivity contribution in [3.05, 3.63) is 41.3 Å². The van der Waals surface area contributed by atoms with Gasteiger partial charge in [-0.3, -0.25) is 14.6 Å². The minimum atomic E-state index is -0.568. The highest BCUT2D eigenvalue weighted by atomic mass is 19.1. The first-order chi connectivity index (χ1) is 13.0. The molecule has 27 heavy (non-hydrogen) atoms. The summed E-state index contributed by atoms with van der Waals surface area (Å²) in [7, 11) is 0. The number of ether oxygens (including phenoxy) is 1. The maximum atomic E-state index is 13.5. The highest BCUT2D eigenvalue weighted by Gasteiger charge is 2.32. The van der Waals surface area contributed by atoms with E-state index in [1.54, 1.807) is 12.1 Å². The van der Waals surface area contributed by atoms with Crippen molar-refractivity contribution < 1.29 is 18.7 Å². The molecule has 2 saturated heterocycles. The van der Waals surface area contributed by atoms with E-state index in [9.17, 15) is 14.0 Å². The molecule has 0 bridgehead atoms. The van der Waals surface area contributed by atoms with Crippen molar-refractivity contribution in [1.29, 1.82) is 0 Å². The summed E-state index contributed by atoms with van der Waals surface area (Å²) < 4.78 is 19.0. The standard InChI is InChI=1S/C20H22FN3O3/c21-14-3-4-16-13(10-14)11-15(19(22)25)18(23-16)12-5-7-24(8-6-12)20(26)17-2-1-9-27-17/h3-4,10-12,17H,1-2,5-9H2,(H2,22,25). The molecule has 3 heterocycles. The van der Waals surface area contributed by atoms with E-state index in [1.807, 2.05) is 4.90 Å². The van der Waals surface area contributed by atoms with Gasteiger partial charge in [-0.1, -0.05) is 0 Å². The summed E-state index contributed by atoms with van der Waals surface area (Å²) in [4.78, 5) is 30.9. The summed E-state index contributed by atoms with van der Waals surface area (Å²) in [5, 5.41) is 0.554. The molecule has 2 aliphatic rings. The number of hydrogen-bond acceptors (Lipinski definition) is 4. The minimum Gasteiger partial charge on any atom is -0.368 e. The van der Waals surface area contributed by atoms with Crippen LogP contribution in [-0.4, -0.2) is 47.5 Å². The highest BCUT2D eigenvalue weighted by Crippen LogP contribution is 2.32. The van der Waals surface area contributed by atoms with Crippen LogP contribution in [0.1, 0.15) is 47.7 Å². The Kier molecular flexibility index (Phi) is 4.78. The second-order valence-corrected chi connectivity index (χ2v) is 7.22. The van der Waals surface area contributed by atoms with E-state index in [-0.39, 0.29) is 23.7 Å². The monoisotopic (exact) mass is 371 g/mol. The fraction of sp³-hybridized carbons (Fsp3) is 0.450. The van der Waals surface area contributed by atoms with E-state index in [0.717, 1.165) is 12.8 Å². The van der Waals surface area contributed by atoms with Gasteiger partial charge in [0.05, 0.1) is 16.8 Å². The summed E-state index contributed by atoms with van der Waals surface area (Å²) in [6.45, 7) is 1.85. The second kappa shape index (κ2) is 7.23. The first kappa shape index (κ1) is 17.9. The zero-order valence-corrected chi connectivity index (χ0v) is 15.0. The van der Waals surface area contributed by atoms with E-state index in [1.165, 1.54) is 12.1 Å². The Morgan fingerprint density at radius 1 is 1.19 bits per heavy atom. The summed E-state index contributed by atoms with van der Waals surface area (Å²) >= 11 is 0. The number of benzene rings is 1. The Hall–Kier alpha value is -2.54. The smallest absolute Gasteiger partial charge is 0.251 e. The average Bonchev–Trinajstić information content (AvgIpc) is 3.21. The summed E-state index contributed by atoms with van der Waals surface area (Å²) in [6.07, 6.45) is 2.82. The minimum absolute atomic E-state index is 0.0375. The number of nitrogens with two attached hydrogens (primary N) is 1. The van der Waals surface area contributed by atoms with Crippen LogP contribution in [0.3, 0.4) is 0 Å². The van der Waals surface area contributed by atoms with Gasteiger partial charge in [0.25, 0.3) is 11.8 Å². The van der Waals surface area contributed by atoms with Crippen LogP contribution >= 0.6 is 0 Å². The number of pyridine rings is 1. The predicted molar refractivity (Wildman–Crippen MR) is 97.7 cm³/mol. The van der Waals surface area contributed by atoms with E-state index >= 15 is 0 Å². The zero-order valence-electron chi connectivity index (χ0n) is 15.0. The molecule has 2 aromatic rings. The van der Waals surface area contributed by atoms with E-state index < -0.39 is 5.91 Å². The van der Waals surface area contributed by atoms with Gasteiger partial charge in [0.15, 0.2) is 0 Å². The van der Waals surface area contributed by atoms with Gasteiger partial charge < -0.3 is 15.4 Å². The zero-order chi connectivity index (χ0) is 19.0. The fourth-order valence-corrected chi connectivity index (χ4v) is 4.02. The van der Waals surface area contributed by atoms with Gasteiger partial charge in [-0.15, -0.1) is 0 Å². The number of amides is 2. The van der Waals surface area contributed by atoms with Crippen molar-refractivity contribution in [3.8, 4) is 0 Å². The van der Waals surface area contributed by atoms with Gasteiger partial charge in [-0.05, 0) is 49.9 Å². The number of likely N-dealkylation sites (tertiary alicyclic amines) is 1. The molecule has 1 aromatic heterocycles. The van der Waals surface area contributed by atoms with E-state index in [4.69, 9.17) is 10.5 Å². The van der Waals surface area contributed by atoms with Crippen molar-refractivity contribution in [2.45, 2.75) is 37.7 Å². The van der Waals surface area contributed by atoms with Gasteiger partial charge in [-0.2, -0.15) is 0 Å². The summed E-state index contributed by atoms with van der Waals surface area (Å²) in [5.74, 6) is -0.853. The highest BCUT2D eigenvalue weighted by molar-refractivity contribution is 5.97. The van der Waals surface area contributed by atoms with E-state index in [2.05, 4.69) is 4.98 Å². The van der Waals surface area contributed by atoms with Gasteiger partial charge in [0, 0.05) is 31.0 Å². The molecule has 0 saturated carbocycles. The normalized spacial score (nSPS) is 20.9. The number of rotatable bonds is 3. The molecule has 7 heteroatoms. The summed E-state index contributed by atoms with van der Waals surface area (Å²) in [5.41, 5.74) is 7.16. The first-order valence-electron chi connectivity index (χ1n) is 9.33. The largest absolute Gasteiger partial charge is 0.368 e. The lowest BCUT2D eigenvalue weighted by Crippen LogP contribution is -2.43. The Labute approximate surface area is 156 Å². The number of piperidine rings is 1. The molecular weight excluding hydrogens is 349 g/mol. The maximum Gasteiger partial charge on any atom is 0.251 e. The molecular formula is C20H22FN3O3. The Morgan fingerprint density at radius 2 is 1.96 bits per heavy atom. The Balaban J connectivity index is 1.56. The number of fused-ring (bicyclic) bond motifs is 1. The SMILES string of the molecule is NC(=O)c1cc2cc(F)ccc2nc1C1CCN(C(=O)C2CCCO2)CC1. The van der Waals surface area contributed by atoms with Crippen LogP contribution in [0.15, 0.2) is 24.3 Å². The van der Waals surface area contributed by atoms with Crippen molar-refractivity contribution >= 4 is 22.7 Å². The lowest BCUT2D eigenvalue weighted by Gasteiger charge is -2.33. The molecule has 2 fully saturated rings. The lowest BCUT2D eigenvalue weighted by atomic mass is 9.89. The molecule has 2 amide bonds. The molecule has 4 rings (SSSR count). The van der Waals surface area contributed by atoms with Gasteiger partial charge in [0.1, 0.15) is 11.9 Å².